The van der Waals surface area contributed by atoms with Crippen LogP contribution in [0.15, 0.2) is 40.0 Å². The molecule has 1 atom stereocenters. The second-order valence-corrected chi connectivity index (χ2v) is 7.89. The van der Waals surface area contributed by atoms with E-state index in [1.807, 2.05) is 31.2 Å². The van der Waals surface area contributed by atoms with Crippen molar-refractivity contribution in [2.45, 2.75) is 58.4 Å². The second kappa shape index (κ2) is 9.82. The van der Waals surface area contributed by atoms with Crippen molar-refractivity contribution in [1.82, 2.24) is 20.2 Å². The van der Waals surface area contributed by atoms with Crippen molar-refractivity contribution in [3.63, 3.8) is 0 Å². The molecule has 7 nitrogen and oxygen atoms in total. The summed E-state index contributed by atoms with van der Waals surface area (Å²) in [7, 11) is 0. The number of nitrogens with zero attached hydrogens (tertiary/aromatic N) is 4. The van der Waals surface area contributed by atoms with Gasteiger partial charge in [0.15, 0.2) is 0 Å². The van der Waals surface area contributed by atoms with Crippen LogP contribution in [0.1, 0.15) is 64.0 Å². The summed E-state index contributed by atoms with van der Waals surface area (Å²) < 4.78 is 8.15. The molecule has 1 aliphatic heterocycles. The molecular formula is C20H26BrN5O2. The minimum absolute atomic E-state index is 0.329. The zero-order chi connectivity index (χ0) is 19.9. The van der Waals surface area contributed by atoms with E-state index in [4.69, 9.17) is 4.74 Å². The van der Waals surface area contributed by atoms with Crippen LogP contribution in [0, 0.1) is 0 Å². The fourth-order valence-electron chi connectivity index (χ4n) is 3.39. The van der Waals surface area contributed by atoms with Gasteiger partial charge in [0.25, 0.3) is 0 Å². The van der Waals surface area contributed by atoms with E-state index >= 15 is 0 Å². The number of nitrogens with one attached hydrogen (secondary N) is 1. The summed E-state index contributed by atoms with van der Waals surface area (Å²) in [4.78, 5) is 12.9. The van der Waals surface area contributed by atoms with E-state index in [1.54, 1.807) is 4.68 Å². The third-order valence-electron chi connectivity index (χ3n) is 4.83. The highest BCUT2D eigenvalue weighted by molar-refractivity contribution is 9.10. The van der Waals surface area contributed by atoms with Crippen molar-refractivity contribution in [1.29, 1.82) is 0 Å². The average molecular weight is 448 g/mol. The Bertz CT molecular complexity index is 849. The number of anilines is 1. The van der Waals surface area contributed by atoms with E-state index in [0.717, 1.165) is 22.9 Å². The van der Waals surface area contributed by atoms with Gasteiger partial charge >= 0.3 is 5.97 Å². The number of aromatic nitrogens is 4. The lowest BCUT2D eigenvalue weighted by atomic mass is 9.96. The fraction of sp³-hybridized carbons (Fsp3) is 0.500. The molecule has 1 N–H and O–H groups in total. The number of allylic oxidation sites excluding steroid dienone is 1. The maximum Gasteiger partial charge on any atom is 0.338 e. The quantitative estimate of drug-likeness (QED) is 0.445. The Balaban J connectivity index is 1.73. The first-order valence-corrected chi connectivity index (χ1v) is 10.6. The van der Waals surface area contributed by atoms with E-state index in [0.29, 0.717) is 23.8 Å². The topological polar surface area (TPSA) is 81.9 Å². The van der Waals surface area contributed by atoms with Gasteiger partial charge in [-0.15, -0.1) is 0 Å². The monoisotopic (exact) mass is 447 g/mol. The molecule has 8 heteroatoms. The van der Waals surface area contributed by atoms with Crippen molar-refractivity contribution < 1.29 is 9.53 Å². The molecular weight excluding hydrogens is 422 g/mol. The molecule has 0 saturated heterocycles. The molecule has 0 amide bonds. The van der Waals surface area contributed by atoms with Crippen LogP contribution in [-0.4, -0.2) is 32.8 Å². The summed E-state index contributed by atoms with van der Waals surface area (Å²) in [5, 5.41) is 14.9. The number of halogens is 1. The third kappa shape index (κ3) is 4.79. The van der Waals surface area contributed by atoms with Crippen molar-refractivity contribution in [2.75, 3.05) is 11.9 Å². The highest BCUT2D eigenvalue weighted by Gasteiger charge is 2.34. The van der Waals surface area contributed by atoms with E-state index in [9.17, 15) is 4.79 Å². The van der Waals surface area contributed by atoms with Crippen LogP contribution in [0.4, 0.5) is 5.95 Å². The molecule has 28 heavy (non-hydrogen) atoms. The van der Waals surface area contributed by atoms with Crippen LogP contribution in [0.3, 0.4) is 0 Å². The summed E-state index contributed by atoms with van der Waals surface area (Å²) in [5.74, 6) is 0.180. The van der Waals surface area contributed by atoms with Gasteiger partial charge in [-0.1, -0.05) is 72.2 Å². The summed E-state index contributed by atoms with van der Waals surface area (Å²) in [6.07, 6.45) is 6.88. The predicted molar refractivity (Wildman–Crippen MR) is 111 cm³/mol. The zero-order valence-electron chi connectivity index (χ0n) is 16.3. The van der Waals surface area contributed by atoms with Crippen molar-refractivity contribution in [3.05, 3.63) is 45.6 Å². The van der Waals surface area contributed by atoms with Crippen LogP contribution >= 0.6 is 15.9 Å². The fourth-order valence-corrected chi connectivity index (χ4v) is 3.80. The summed E-state index contributed by atoms with van der Waals surface area (Å²) in [5.41, 5.74) is 2.15. The molecule has 2 aromatic rings. The summed E-state index contributed by atoms with van der Waals surface area (Å²) in [6.45, 7) is 4.48. The van der Waals surface area contributed by atoms with Crippen molar-refractivity contribution in [3.8, 4) is 0 Å². The Kier molecular flexibility index (Phi) is 7.19. The first-order valence-electron chi connectivity index (χ1n) is 9.80. The highest BCUT2D eigenvalue weighted by atomic mass is 79.9. The molecule has 3 rings (SSSR count). The van der Waals surface area contributed by atoms with Gasteiger partial charge in [-0.2, -0.15) is 4.68 Å². The number of hydrogen-bond donors (Lipinski definition) is 1. The molecule has 1 aromatic carbocycles. The van der Waals surface area contributed by atoms with Crippen LogP contribution < -0.4 is 5.32 Å². The van der Waals surface area contributed by atoms with Crippen molar-refractivity contribution in [2.24, 2.45) is 0 Å². The SMILES string of the molecule is CCCCCCCCOC(=O)C1=C(C)Nc2nnnn2[C@@H]1c1cccc(Br)c1. The number of benzene rings is 1. The van der Waals surface area contributed by atoms with Crippen LogP contribution in [0.5, 0.6) is 0 Å². The number of carbonyl (C=O) groups excluding carboxylic acids is 1. The molecule has 0 radical (unpaired) electrons. The Morgan fingerprint density at radius 2 is 2.04 bits per heavy atom. The molecule has 0 bridgehead atoms. The summed E-state index contributed by atoms with van der Waals surface area (Å²) in [6, 6.07) is 7.37. The molecule has 0 unspecified atom stereocenters. The highest BCUT2D eigenvalue weighted by Crippen LogP contribution is 2.35. The minimum atomic E-state index is -0.430. The number of carbonyl (C=O) groups is 1. The number of hydrogen-bond acceptors (Lipinski definition) is 6. The Labute approximate surface area is 173 Å². The number of ether oxygens (including phenoxy) is 1. The Morgan fingerprint density at radius 1 is 1.25 bits per heavy atom. The Hall–Kier alpha value is -2.22. The predicted octanol–water partition coefficient (Wildman–Crippen LogP) is 4.63. The number of unbranched alkanes of at least 4 members (excludes halogenated alkanes) is 5. The number of rotatable bonds is 9. The maximum atomic E-state index is 12.9. The van der Waals surface area contributed by atoms with Gasteiger partial charge in [0.05, 0.1) is 12.2 Å². The second-order valence-electron chi connectivity index (χ2n) is 6.97. The smallest absolute Gasteiger partial charge is 0.338 e. The summed E-state index contributed by atoms with van der Waals surface area (Å²) >= 11 is 3.50. The van der Waals surface area contributed by atoms with Crippen LogP contribution in [-0.2, 0) is 9.53 Å². The van der Waals surface area contributed by atoms with E-state index in [1.165, 1.54) is 25.7 Å². The van der Waals surface area contributed by atoms with Gasteiger partial charge in [0.1, 0.15) is 6.04 Å². The van der Waals surface area contributed by atoms with Crippen LogP contribution in [0.2, 0.25) is 0 Å². The average Bonchev–Trinajstić information content (AvgIpc) is 3.14. The molecule has 0 aliphatic carbocycles. The van der Waals surface area contributed by atoms with Crippen LogP contribution in [0.25, 0.3) is 0 Å². The van der Waals surface area contributed by atoms with E-state index in [-0.39, 0.29) is 5.97 Å². The zero-order valence-corrected chi connectivity index (χ0v) is 17.9. The molecule has 1 aliphatic rings. The van der Waals surface area contributed by atoms with E-state index < -0.39 is 6.04 Å². The first-order chi connectivity index (χ1) is 13.6. The minimum Gasteiger partial charge on any atom is -0.462 e. The normalized spacial score (nSPS) is 15.9. The van der Waals surface area contributed by atoms with Gasteiger partial charge in [-0.25, -0.2) is 4.79 Å². The number of esters is 1. The molecule has 0 saturated carbocycles. The molecule has 1 aromatic heterocycles. The lowest BCUT2D eigenvalue weighted by Crippen LogP contribution is -2.29. The first kappa shape index (κ1) is 20.5. The number of tetrazole rings is 1. The van der Waals surface area contributed by atoms with Gasteiger partial charge in [0.2, 0.25) is 5.95 Å². The van der Waals surface area contributed by atoms with Gasteiger partial charge in [0, 0.05) is 10.2 Å². The molecule has 0 spiro atoms. The molecule has 2 heterocycles. The van der Waals surface area contributed by atoms with Crippen molar-refractivity contribution >= 4 is 27.8 Å². The third-order valence-corrected chi connectivity index (χ3v) is 5.32. The Morgan fingerprint density at radius 3 is 2.82 bits per heavy atom. The standard InChI is InChI=1S/C20H26BrN5O2/c1-3-4-5-6-7-8-12-28-19(27)17-14(2)22-20-23-24-25-26(20)18(17)15-10-9-11-16(21)13-15/h9-11,13,18H,3-8,12H2,1-2H3,(H,22,23,25)/t18-/m1/s1. The lowest BCUT2D eigenvalue weighted by Gasteiger charge is -2.27. The lowest BCUT2D eigenvalue weighted by molar-refractivity contribution is -0.139. The van der Waals surface area contributed by atoms with Gasteiger partial charge < -0.3 is 10.1 Å². The largest absolute Gasteiger partial charge is 0.462 e. The molecule has 150 valence electrons. The molecule has 0 fully saturated rings. The van der Waals surface area contributed by atoms with Gasteiger partial charge in [-0.05, 0) is 41.5 Å². The maximum absolute atomic E-state index is 12.9. The van der Waals surface area contributed by atoms with E-state index in [2.05, 4.69) is 43.7 Å². The van der Waals surface area contributed by atoms with Gasteiger partial charge in [-0.3, -0.25) is 0 Å². The number of fused-ring (bicyclic) bond motifs is 1.